The molecule has 1 saturated heterocycles. The Balaban J connectivity index is 1.64. The van der Waals surface area contributed by atoms with Crippen LogP contribution in [0.25, 0.3) is 0 Å². The van der Waals surface area contributed by atoms with Gasteiger partial charge in [-0.15, -0.1) is 0 Å². The smallest absolute Gasteiger partial charge is 0.312 e. The van der Waals surface area contributed by atoms with Crippen molar-refractivity contribution in [1.82, 2.24) is 15.5 Å². The van der Waals surface area contributed by atoms with Crippen LogP contribution in [-0.4, -0.2) is 64.7 Å². The molecule has 1 aromatic rings. The van der Waals surface area contributed by atoms with Crippen LogP contribution in [0.4, 0.5) is 0 Å². The first-order valence-electron chi connectivity index (χ1n) is 10.3. The van der Waals surface area contributed by atoms with E-state index in [9.17, 15) is 24.3 Å². The molecule has 10 nitrogen and oxygen atoms in total. The summed E-state index contributed by atoms with van der Waals surface area (Å²) < 4.78 is 0. The minimum Gasteiger partial charge on any atom is -0.481 e. The molecule has 1 atom stereocenters. The van der Waals surface area contributed by atoms with E-state index in [0.29, 0.717) is 37.1 Å². The first-order valence-corrected chi connectivity index (χ1v) is 10.3. The van der Waals surface area contributed by atoms with Gasteiger partial charge in [-0.3, -0.25) is 24.6 Å². The maximum atomic E-state index is 12.5. The second-order valence-corrected chi connectivity index (χ2v) is 8.01. The van der Waals surface area contributed by atoms with Gasteiger partial charge in [0.05, 0.1) is 12.0 Å². The average molecular weight is 429 g/mol. The van der Waals surface area contributed by atoms with Crippen molar-refractivity contribution in [3.63, 3.8) is 0 Å². The van der Waals surface area contributed by atoms with Crippen LogP contribution in [-0.2, 0) is 14.4 Å². The number of amidine groups is 1. The largest absolute Gasteiger partial charge is 0.481 e. The van der Waals surface area contributed by atoms with Gasteiger partial charge in [-0.05, 0) is 43.7 Å². The van der Waals surface area contributed by atoms with E-state index in [1.54, 1.807) is 24.3 Å². The van der Waals surface area contributed by atoms with Crippen molar-refractivity contribution < 1.29 is 24.3 Å². The van der Waals surface area contributed by atoms with Crippen LogP contribution in [0.3, 0.4) is 0 Å². The molecule has 1 aliphatic heterocycles. The van der Waals surface area contributed by atoms with Gasteiger partial charge in [0.25, 0.3) is 5.91 Å². The Kier molecular flexibility index (Phi) is 6.57. The van der Waals surface area contributed by atoms with E-state index in [1.165, 1.54) is 4.90 Å². The first-order chi connectivity index (χ1) is 14.7. The first kappa shape index (κ1) is 22.3. The molecule has 2 fully saturated rings. The molecule has 0 spiro atoms. The number of aliphatic carboxylic acids is 1. The van der Waals surface area contributed by atoms with Crippen LogP contribution < -0.4 is 16.4 Å². The Labute approximate surface area is 179 Å². The number of carbonyl (C=O) groups is 4. The van der Waals surface area contributed by atoms with E-state index in [4.69, 9.17) is 11.1 Å². The maximum absolute atomic E-state index is 12.5. The van der Waals surface area contributed by atoms with E-state index in [-0.39, 0.29) is 30.6 Å². The normalized spacial score (nSPS) is 18.1. The molecule has 3 amide bonds. The number of carboxylic acids is 1. The molecule has 0 radical (unpaired) electrons. The zero-order chi connectivity index (χ0) is 22.6. The molecule has 3 rings (SSSR count). The second-order valence-electron chi connectivity index (χ2n) is 8.01. The van der Waals surface area contributed by atoms with Crippen LogP contribution in [0.2, 0.25) is 0 Å². The molecule has 2 aliphatic rings. The number of piperazine rings is 1. The molecule has 0 bridgehead atoms. The molecule has 10 heteroatoms. The van der Waals surface area contributed by atoms with Crippen molar-refractivity contribution in [3.8, 4) is 0 Å². The third kappa shape index (κ3) is 5.01. The summed E-state index contributed by atoms with van der Waals surface area (Å²) in [7, 11) is 0. The zero-order valence-corrected chi connectivity index (χ0v) is 17.1. The van der Waals surface area contributed by atoms with Crippen LogP contribution >= 0.6 is 0 Å². The van der Waals surface area contributed by atoms with E-state index in [1.807, 2.05) is 0 Å². The predicted molar refractivity (Wildman–Crippen MR) is 111 cm³/mol. The van der Waals surface area contributed by atoms with Crippen LogP contribution in [0, 0.1) is 11.3 Å². The quantitative estimate of drug-likeness (QED) is 0.153. The van der Waals surface area contributed by atoms with Crippen molar-refractivity contribution in [2.24, 2.45) is 11.7 Å². The summed E-state index contributed by atoms with van der Waals surface area (Å²) in [6, 6.07) is 6.34. The summed E-state index contributed by atoms with van der Waals surface area (Å²) in [6.45, 7) is 0.879. The molecule has 1 aliphatic carbocycles. The maximum Gasteiger partial charge on any atom is 0.312 e. The molecule has 31 heavy (non-hydrogen) atoms. The van der Waals surface area contributed by atoms with Gasteiger partial charge in [0.15, 0.2) is 0 Å². The number of carboxylic acid groups (broad SMARTS) is 1. The number of nitrogen functional groups attached to an aromatic ring is 1. The number of nitrogens with one attached hydrogen (secondary N) is 3. The number of rotatable bonds is 10. The number of hydrogen-bond acceptors (Lipinski definition) is 5. The molecule has 1 heterocycles. The minimum atomic E-state index is -1.01. The van der Waals surface area contributed by atoms with E-state index < -0.39 is 23.3 Å². The number of nitrogens with zero attached hydrogens (tertiary/aromatic N) is 1. The van der Waals surface area contributed by atoms with E-state index in [0.717, 1.165) is 12.8 Å². The number of amides is 3. The molecule has 1 saturated carbocycles. The lowest BCUT2D eigenvalue weighted by atomic mass is 9.81. The molecular formula is C21H27N5O5. The highest BCUT2D eigenvalue weighted by Gasteiger charge is 2.53. The van der Waals surface area contributed by atoms with Crippen molar-refractivity contribution in [2.75, 3.05) is 19.6 Å². The number of benzene rings is 1. The van der Waals surface area contributed by atoms with Crippen LogP contribution in [0.15, 0.2) is 24.3 Å². The van der Waals surface area contributed by atoms with Gasteiger partial charge in [-0.1, -0.05) is 12.1 Å². The summed E-state index contributed by atoms with van der Waals surface area (Å²) in [4.78, 5) is 49.9. The van der Waals surface area contributed by atoms with Crippen molar-refractivity contribution in [1.29, 1.82) is 5.41 Å². The highest BCUT2D eigenvalue weighted by atomic mass is 16.4. The number of carbonyl (C=O) groups excluding carboxylic acids is 3. The van der Waals surface area contributed by atoms with E-state index in [2.05, 4.69) is 10.6 Å². The summed E-state index contributed by atoms with van der Waals surface area (Å²) in [5.41, 5.74) is 5.43. The van der Waals surface area contributed by atoms with Gasteiger partial charge in [0, 0.05) is 30.8 Å². The lowest BCUT2D eigenvalue weighted by Gasteiger charge is -2.45. The predicted octanol–water partition coefficient (Wildman–Crippen LogP) is 0.0626. The Hall–Kier alpha value is -3.43. The molecule has 1 aromatic carbocycles. The van der Waals surface area contributed by atoms with Gasteiger partial charge in [0.2, 0.25) is 0 Å². The van der Waals surface area contributed by atoms with Gasteiger partial charge >= 0.3 is 17.8 Å². The van der Waals surface area contributed by atoms with Gasteiger partial charge in [-0.25, -0.2) is 0 Å². The standard InChI is InChI=1S/C21H27N5O5/c22-17(23)13-2-4-14(5-3-13)18(29)24-9-1-8-21(12-16(27)28,15-6-7-15)26-11-10-25-19(30)20(26)31/h2-5,15H,1,6-12H2,(H3,22,23)(H,24,29)(H,25,30)(H,27,28). The number of nitrogens with two attached hydrogens (primary N) is 1. The van der Waals surface area contributed by atoms with E-state index >= 15 is 0 Å². The summed E-state index contributed by atoms with van der Waals surface area (Å²) in [6.07, 6.45) is 2.25. The Morgan fingerprint density at radius 1 is 1.23 bits per heavy atom. The fraction of sp³-hybridized carbons (Fsp3) is 0.476. The van der Waals surface area contributed by atoms with Crippen molar-refractivity contribution in [3.05, 3.63) is 35.4 Å². The summed E-state index contributed by atoms with van der Waals surface area (Å²) in [5, 5.41) is 22.2. The van der Waals surface area contributed by atoms with Gasteiger partial charge in [0.1, 0.15) is 5.84 Å². The molecular weight excluding hydrogens is 402 g/mol. The zero-order valence-electron chi connectivity index (χ0n) is 17.1. The third-order valence-corrected chi connectivity index (χ3v) is 5.92. The molecule has 166 valence electrons. The third-order valence-electron chi connectivity index (χ3n) is 5.92. The van der Waals surface area contributed by atoms with Crippen molar-refractivity contribution in [2.45, 2.75) is 37.6 Å². The average Bonchev–Trinajstić information content (AvgIpc) is 3.58. The highest BCUT2D eigenvalue weighted by Crippen LogP contribution is 2.48. The minimum absolute atomic E-state index is 0.0354. The molecule has 6 N–H and O–H groups in total. The van der Waals surface area contributed by atoms with Crippen LogP contribution in [0.5, 0.6) is 0 Å². The Morgan fingerprint density at radius 3 is 2.45 bits per heavy atom. The van der Waals surface area contributed by atoms with Crippen molar-refractivity contribution >= 4 is 29.5 Å². The second kappa shape index (κ2) is 9.15. The lowest BCUT2D eigenvalue weighted by molar-refractivity contribution is -0.157. The Bertz CT molecular complexity index is 896. The molecule has 1 unspecified atom stereocenters. The fourth-order valence-electron chi connectivity index (χ4n) is 4.28. The molecule has 0 aromatic heterocycles. The summed E-state index contributed by atoms with van der Waals surface area (Å²) in [5.74, 6) is -2.74. The number of hydrogen-bond donors (Lipinski definition) is 5. The van der Waals surface area contributed by atoms with Crippen LogP contribution in [0.1, 0.15) is 48.0 Å². The topological polar surface area (TPSA) is 166 Å². The highest BCUT2D eigenvalue weighted by molar-refractivity contribution is 6.35. The summed E-state index contributed by atoms with van der Waals surface area (Å²) >= 11 is 0. The lowest BCUT2D eigenvalue weighted by Crippen LogP contribution is -2.63. The fourth-order valence-corrected chi connectivity index (χ4v) is 4.28. The van der Waals surface area contributed by atoms with Gasteiger partial charge < -0.3 is 26.4 Å². The Morgan fingerprint density at radius 2 is 1.87 bits per heavy atom. The monoisotopic (exact) mass is 429 g/mol. The SMILES string of the molecule is N=C(N)c1ccc(C(=O)NCCCC(CC(=O)O)(C2CC2)N2CCNC(=O)C2=O)cc1. The van der Waals surface area contributed by atoms with Gasteiger partial charge in [-0.2, -0.15) is 0 Å².